The van der Waals surface area contributed by atoms with Crippen molar-refractivity contribution in [2.45, 2.75) is 58.9 Å². The van der Waals surface area contributed by atoms with E-state index in [1.807, 2.05) is 0 Å². The highest BCUT2D eigenvalue weighted by Crippen LogP contribution is 2.23. The first-order valence-electron chi connectivity index (χ1n) is 4.53. The molecule has 0 saturated carbocycles. The Morgan fingerprint density at radius 3 is 1.55 bits per heavy atom. The lowest BCUT2D eigenvalue weighted by atomic mass is 10.2. The molecule has 0 N–H and O–H groups in total. The zero-order valence-corrected chi connectivity index (χ0v) is 9.82. The summed E-state index contributed by atoms with van der Waals surface area (Å²) in [6.45, 7) is 13.2. The fourth-order valence-electron chi connectivity index (χ4n) is 1.13. The molecule has 0 saturated heterocycles. The predicted octanol–water partition coefficient (Wildman–Crippen LogP) is 3.42. The molecule has 0 heterocycles. The average molecular weight is 174 g/mol. The largest absolute Gasteiger partial charge is 0.412 e. The van der Waals surface area contributed by atoms with Crippen molar-refractivity contribution in [3.8, 4) is 0 Å². The molecule has 0 aliphatic carbocycles. The zero-order valence-electron chi connectivity index (χ0n) is 8.82. The van der Waals surface area contributed by atoms with Gasteiger partial charge < -0.3 is 4.43 Å². The van der Waals surface area contributed by atoms with Crippen molar-refractivity contribution in [1.29, 1.82) is 0 Å². The minimum Gasteiger partial charge on any atom is -0.412 e. The van der Waals surface area contributed by atoms with Crippen LogP contribution in [0.4, 0.5) is 0 Å². The fraction of sp³-hybridized carbons (Fsp3) is 1.00. The summed E-state index contributed by atoms with van der Waals surface area (Å²) in [6, 6.07) is 2.45. The molecule has 1 nitrogen and oxygen atoms in total. The van der Waals surface area contributed by atoms with Crippen LogP contribution in [0.15, 0.2) is 0 Å². The molecule has 0 unspecified atom stereocenters. The third kappa shape index (κ3) is 4.59. The maximum absolute atomic E-state index is 6.06. The first kappa shape index (κ1) is 11.2. The van der Waals surface area contributed by atoms with Crippen molar-refractivity contribution < 1.29 is 4.43 Å². The van der Waals surface area contributed by atoms with Crippen LogP contribution in [0.5, 0.6) is 0 Å². The molecule has 0 fully saturated rings. The third-order valence-electron chi connectivity index (χ3n) is 2.05. The van der Waals surface area contributed by atoms with E-state index in [0.29, 0.717) is 0 Å². The van der Waals surface area contributed by atoms with Crippen LogP contribution in [-0.4, -0.2) is 13.9 Å². The summed E-state index contributed by atoms with van der Waals surface area (Å²) in [5.41, 5.74) is 0.0486. The molecule has 0 aliphatic rings. The van der Waals surface area contributed by atoms with E-state index in [4.69, 9.17) is 4.43 Å². The molecule has 0 radical (unpaired) electrons. The molecular formula is C9H22OSi. The van der Waals surface area contributed by atoms with E-state index in [1.165, 1.54) is 12.1 Å². The predicted molar refractivity (Wildman–Crippen MR) is 53.4 cm³/mol. The molecule has 0 rings (SSSR count). The van der Waals surface area contributed by atoms with E-state index >= 15 is 0 Å². The summed E-state index contributed by atoms with van der Waals surface area (Å²) in [4.78, 5) is 0. The highest BCUT2D eigenvalue weighted by atomic mass is 28.4. The number of hydrogen-bond acceptors (Lipinski definition) is 1. The molecular weight excluding hydrogens is 152 g/mol. The third-order valence-corrected chi connectivity index (χ3v) is 6.15. The molecule has 2 heteroatoms. The van der Waals surface area contributed by atoms with Gasteiger partial charge in [0.2, 0.25) is 0 Å². The van der Waals surface area contributed by atoms with Crippen LogP contribution >= 0.6 is 0 Å². The van der Waals surface area contributed by atoms with Crippen LogP contribution in [0.3, 0.4) is 0 Å². The summed E-state index contributed by atoms with van der Waals surface area (Å²) < 4.78 is 6.06. The maximum atomic E-state index is 6.06. The lowest BCUT2D eigenvalue weighted by Gasteiger charge is -2.33. The summed E-state index contributed by atoms with van der Waals surface area (Å²) in [5, 5.41) is 0. The van der Waals surface area contributed by atoms with Gasteiger partial charge in [-0.3, -0.25) is 0 Å². The Kier molecular flexibility index (Phi) is 3.78. The lowest BCUT2D eigenvalue weighted by Crippen LogP contribution is -2.40. The number of hydrogen-bond donors (Lipinski definition) is 0. The Morgan fingerprint density at radius 2 is 1.45 bits per heavy atom. The zero-order chi connectivity index (χ0) is 9.12. The second-order valence-corrected chi connectivity index (χ2v) is 8.89. The Hall–Kier alpha value is 0.177. The Balaban J connectivity index is 4.08. The topological polar surface area (TPSA) is 9.23 Å². The van der Waals surface area contributed by atoms with Crippen molar-refractivity contribution in [2.75, 3.05) is 0 Å². The molecule has 11 heavy (non-hydrogen) atoms. The molecule has 0 aromatic heterocycles. The van der Waals surface area contributed by atoms with Crippen LogP contribution in [0.2, 0.25) is 18.6 Å². The minimum absolute atomic E-state index is 0.0486. The van der Waals surface area contributed by atoms with Gasteiger partial charge in [-0.1, -0.05) is 13.8 Å². The van der Waals surface area contributed by atoms with E-state index in [9.17, 15) is 0 Å². The first-order chi connectivity index (χ1) is 4.83. The van der Waals surface area contributed by atoms with Gasteiger partial charge in [-0.25, -0.2) is 0 Å². The fourth-order valence-corrected chi connectivity index (χ4v) is 3.40. The van der Waals surface area contributed by atoms with Gasteiger partial charge in [0.05, 0.1) is 0 Å². The standard InChI is InChI=1S/C9H22OSi/c1-7-11(6,8-2)10-9(3,4)5/h7-8H2,1-6H3. The quantitative estimate of drug-likeness (QED) is 0.596. The maximum Gasteiger partial charge on any atom is 0.189 e. The summed E-state index contributed by atoms with van der Waals surface area (Å²) in [7, 11) is -1.33. The van der Waals surface area contributed by atoms with Crippen LogP contribution in [0.1, 0.15) is 34.6 Å². The van der Waals surface area contributed by atoms with Gasteiger partial charge in [0.15, 0.2) is 8.32 Å². The molecule has 0 spiro atoms. The van der Waals surface area contributed by atoms with Gasteiger partial charge in [0.1, 0.15) is 0 Å². The van der Waals surface area contributed by atoms with Gasteiger partial charge in [0.25, 0.3) is 0 Å². The van der Waals surface area contributed by atoms with E-state index in [-0.39, 0.29) is 5.60 Å². The van der Waals surface area contributed by atoms with E-state index in [2.05, 4.69) is 41.2 Å². The summed E-state index contributed by atoms with van der Waals surface area (Å²) >= 11 is 0. The molecule has 0 atom stereocenters. The van der Waals surface area contributed by atoms with Crippen molar-refractivity contribution in [2.24, 2.45) is 0 Å². The van der Waals surface area contributed by atoms with Crippen molar-refractivity contribution >= 4 is 8.32 Å². The van der Waals surface area contributed by atoms with Gasteiger partial charge in [-0.15, -0.1) is 0 Å². The van der Waals surface area contributed by atoms with Crippen LogP contribution in [0, 0.1) is 0 Å². The van der Waals surface area contributed by atoms with Crippen LogP contribution < -0.4 is 0 Å². The van der Waals surface area contributed by atoms with E-state index < -0.39 is 8.32 Å². The normalized spacial score (nSPS) is 13.6. The highest BCUT2D eigenvalue weighted by Gasteiger charge is 2.29. The lowest BCUT2D eigenvalue weighted by molar-refractivity contribution is 0.118. The Morgan fingerprint density at radius 1 is 1.09 bits per heavy atom. The Bertz CT molecular complexity index is 111. The molecule has 0 amide bonds. The van der Waals surface area contributed by atoms with E-state index in [1.54, 1.807) is 0 Å². The highest BCUT2D eigenvalue weighted by molar-refractivity contribution is 6.72. The van der Waals surface area contributed by atoms with Crippen molar-refractivity contribution in [3.05, 3.63) is 0 Å². The monoisotopic (exact) mass is 174 g/mol. The summed E-state index contributed by atoms with van der Waals surface area (Å²) in [6.07, 6.45) is 0. The van der Waals surface area contributed by atoms with Crippen LogP contribution in [-0.2, 0) is 4.43 Å². The van der Waals surface area contributed by atoms with Gasteiger partial charge in [-0.05, 0) is 39.4 Å². The average Bonchev–Trinajstić information content (AvgIpc) is 1.84. The molecule has 0 aromatic rings. The summed E-state index contributed by atoms with van der Waals surface area (Å²) in [5.74, 6) is 0. The van der Waals surface area contributed by atoms with E-state index in [0.717, 1.165) is 0 Å². The van der Waals surface area contributed by atoms with Crippen molar-refractivity contribution in [1.82, 2.24) is 0 Å². The Labute approximate surface area is 72.3 Å². The molecule has 68 valence electrons. The SMILES string of the molecule is CC[Si](C)(CC)OC(C)(C)C. The smallest absolute Gasteiger partial charge is 0.189 e. The second-order valence-electron chi connectivity index (χ2n) is 4.37. The van der Waals surface area contributed by atoms with Crippen molar-refractivity contribution in [3.63, 3.8) is 0 Å². The van der Waals surface area contributed by atoms with Gasteiger partial charge >= 0.3 is 0 Å². The molecule has 0 aromatic carbocycles. The number of rotatable bonds is 3. The first-order valence-corrected chi connectivity index (χ1v) is 7.35. The van der Waals surface area contributed by atoms with Gasteiger partial charge in [-0.2, -0.15) is 0 Å². The van der Waals surface area contributed by atoms with Gasteiger partial charge in [0, 0.05) is 5.60 Å². The minimum atomic E-state index is -1.33. The second kappa shape index (κ2) is 3.72. The molecule has 0 aliphatic heterocycles. The van der Waals surface area contributed by atoms with Crippen LogP contribution in [0.25, 0.3) is 0 Å². The molecule has 0 bridgehead atoms.